The zero-order valence-electron chi connectivity index (χ0n) is 10.6. The number of rotatable bonds is 6. The molecule has 0 fully saturated rings. The number of carbonyl (C=O) groups excluding carboxylic acids is 1. The first-order valence-corrected chi connectivity index (χ1v) is 5.94. The van der Waals surface area contributed by atoms with Crippen molar-refractivity contribution in [2.75, 3.05) is 13.2 Å². The van der Waals surface area contributed by atoms with Crippen LogP contribution in [-0.4, -0.2) is 19.1 Å². The number of hydrogen-bond donors (Lipinski definition) is 1. The highest BCUT2D eigenvalue weighted by molar-refractivity contribution is 5.76. The van der Waals surface area contributed by atoms with Gasteiger partial charge in [0, 0.05) is 6.42 Å². The lowest BCUT2D eigenvalue weighted by Crippen LogP contribution is -2.22. The Morgan fingerprint density at radius 3 is 2.95 bits per heavy atom. The number of halogens is 1. The summed E-state index contributed by atoms with van der Waals surface area (Å²) in [6, 6.07) is 6.13. The van der Waals surface area contributed by atoms with Gasteiger partial charge < -0.3 is 10.1 Å². The first-order valence-electron chi connectivity index (χ1n) is 5.94. The Balaban J connectivity index is 2.20. The summed E-state index contributed by atoms with van der Waals surface area (Å²) in [5.74, 6) is 5.12. The van der Waals surface area contributed by atoms with E-state index < -0.39 is 5.82 Å². The average Bonchev–Trinajstić information content (AvgIpc) is 2.42. The number of ether oxygens (including phenoxy) is 1. The highest BCUT2D eigenvalue weighted by atomic mass is 19.1. The second-order valence-corrected chi connectivity index (χ2v) is 3.68. The maximum Gasteiger partial charge on any atom is 0.221 e. The molecule has 0 saturated heterocycles. The van der Waals surface area contributed by atoms with Gasteiger partial charge in [-0.15, -0.1) is 6.58 Å². The highest BCUT2D eigenvalue weighted by Gasteiger charge is 1.99. The molecule has 1 N–H and O–H groups in total. The Bertz CT molecular complexity index is 488. The van der Waals surface area contributed by atoms with Crippen molar-refractivity contribution in [1.29, 1.82) is 0 Å². The molecule has 0 heterocycles. The van der Waals surface area contributed by atoms with Crippen LogP contribution in [-0.2, 0) is 4.79 Å². The molecule has 0 saturated carbocycles. The SMILES string of the molecule is C=CCCC(=O)NCC#CCOc1ccccc1F. The Morgan fingerprint density at radius 2 is 2.21 bits per heavy atom. The third kappa shape index (κ3) is 6.27. The van der Waals surface area contributed by atoms with Crippen LogP contribution in [0.4, 0.5) is 4.39 Å². The van der Waals surface area contributed by atoms with Crippen molar-refractivity contribution >= 4 is 5.91 Å². The highest BCUT2D eigenvalue weighted by Crippen LogP contribution is 2.14. The number of amides is 1. The normalized spacial score (nSPS) is 9.11. The van der Waals surface area contributed by atoms with Crippen LogP contribution in [0, 0.1) is 17.7 Å². The fraction of sp³-hybridized carbons (Fsp3) is 0.267. The number of hydrogen-bond acceptors (Lipinski definition) is 2. The summed E-state index contributed by atoms with van der Waals surface area (Å²) in [5, 5.41) is 2.64. The van der Waals surface area contributed by atoms with Gasteiger partial charge in [0.15, 0.2) is 11.6 Å². The molecule has 100 valence electrons. The molecule has 0 aromatic heterocycles. The molecule has 0 aliphatic carbocycles. The fourth-order valence-corrected chi connectivity index (χ4v) is 1.25. The number of carbonyl (C=O) groups is 1. The molecular formula is C15H16FNO2. The van der Waals surface area contributed by atoms with Crippen molar-refractivity contribution in [3.05, 3.63) is 42.7 Å². The van der Waals surface area contributed by atoms with E-state index in [1.165, 1.54) is 12.1 Å². The maximum atomic E-state index is 13.2. The van der Waals surface area contributed by atoms with E-state index in [0.717, 1.165) is 0 Å². The second kappa shape index (κ2) is 8.76. The topological polar surface area (TPSA) is 38.3 Å². The van der Waals surface area contributed by atoms with E-state index in [1.807, 2.05) is 0 Å². The minimum absolute atomic E-state index is 0.0655. The van der Waals surface area contributed by atoms with Gasteiger partial charge in [-0.1, -0.05) is 30.0 Å². The fourth-order valence-electron chi connectivity index (χ4n) is 1.25. The lowest BCUT2D eigenvalue weighted by molar-refractivity contribution is -0.120. The van der Waals surface area contributed by atoms with E-state index in [1.54, 1.807) is 18.2 Å². The van der Waals surface area contributed by atoms with Crippen LogP contribution in [0.2, 0.25) is 0 Å². The van der Waals surface area contributed by atoms with Crippen LogP contribution in [0.3, 0.4) is 0 Å². The van der Waals surface area contributed by atoms with Gasteiger partial charge in [0.2, 0.25) is 5.91 Å². The molecule has 0 aliphatic heterocycles. The molecule has 4 heteroatoms. The van der Waals surface area contributed by atoms with Crippen LogP contribution in [0.5, 0.6) is 5.75 Å². The molecular weight excluding hydrogens is 245 g/mol. The summed E-state index contributed by atoms with van der Waals surface area (Å²) >= 11 is 0. The van der Waals surface area contributed by atoms with Gasteiger partial charge in [0.1, 0.15) is 6.61 Å². The van der Waals surface area contributed by atoms with E-state index in [-0.39, 0.29) is 24.8 Å². The summed E-state index contributed by atoms with van der Waals surface area (Å²) < 4.78 is 18.3. The number of benzene rings is 1. The second-order valence-electron chi connectivity index (χ2n) is 3.68. The number of para-hydroxylation sites is 1. The molecule has 3 nitrogen and oxygen atoms in total. The average molecular weight is 261 g/mol. The Hall–Kier alpha value is -2.28. The molecule has 0 atom stereocenters. The van der Waals surface area contributed by atoms with Crippen LogP contribution >= 0.6 is 0 Å². The maximum absolute atomic E-state index is 13.2. The predicted molar refractivity (Wildman–Crippen MR) is 72.1 cm³/mol. The van der Waals surface area contributed by atoms with Crippen molar-refractivity contribution < 1.29 is 13.9 Å². The van der Waals surface area contributed by atoms with Crippen LogP contribution in [0.15, 0.2) is 36.9 Å². The zero-order chi connectivity index (χ0) is 13.9. The third-order valence-corrected chi connectivity index (χ3v) is 2.21. The Kier molecular flexibility index (Phi) is 6.81. The summed E-state index contributed by atoms with van der Waals surface area (Å²) in [6.07, 6.45) is 2.75. The van der Waals surface area contributed by atoms with Gasteiger partial charge in [0.05, 0.1) is 6.54 Å². The monoisotopic (exact) mass is 261 g/mol. The molecule has 19 heavy (non-hydrogen) atoms. The van der Waals surface area contributed by atoms with Crippen molar-refractivity contribution in [2.45, 2.75) is 12.8 Å². The number of allylic oxidation sites excluding steroid dienone is 1. The molecule has 1 amide bonds. The van der Waals surface area contributed by atoms with Gasteiger partial charge in [0.25, 0.3) is 0 Å². The van der Waals surface area contributed by atoms with Crippen LogP contribution in [0.1, 0.15) is 12.8 Å². The summed E-state index contributed by atoms with van der Waals surface area (Å²) in [7, 11) is 0. The van der Waals surface area contributed by atoms with Crippen molar-refractivity contribution in [3.63, 3.8) is 0 Å². The van der Waals surface area contributed by atoms with Crippen LogP contribution < -0.4 is 10.1 Å². The molecule has 0 aliphatic rings. The van der Waals surface area contributed by atoms with E-state index >= 15 is 0 Å². The van der Waals surface area contributed by atoms with Gasteiger partial charge in [-0.05, 0) is 18.6 Å². The van der Waals surface area contributed by atoms with E-state index in [4.69, 9.17) is 4.74 Å². The largest absolute Gasteiger partial charge is 0.478 e. The van der Waals surface area contributed by atoms with Crippen molar-refractivity contribution in [2.24, 2.45) is 0 Å². The quantitative estimate of drug-likeness (QED) is 0.630. The van der Waals surface area contributed by atoms with Crippen LogP contribution in [0.25, 0.3) is 0 Å². The van der Waals surface area contributed by atoms with E-state index in [9.17, 15) is 9.18 Å². The van der Waals surface area contributed by atoms with Crippen molar-refractivity contribution in [3.8, 4) is 17.6 Å². The Labute approximate surface area is 112 Å². The van der Waals surface area contributed by atoms with Crippen molar-refractivity contribution in [1.82, 2.24) is 5.32 Å². The minimum atomic E-state index is -0.415. The summed E-state index contributed by atoms with van der Waals surface area (Å²) in [6.45, 7) is 3.88. The van der Waals surface area contributed by atoms with Gasteiger partial charge >= 0.3 is 0 Å². The number of nitrogens with one attached hydrogen (secondary N) is 1. The third-order valence-electron chi connectivity index (χ3n) is 2.21. The minimum Gasteiger partial charge on any atom is -0.478 e. The lowest BCUT2D eigenvalue weighted by atomic mass is 10.3. The lowest BCUT2D eigenvalue weighted by Gasteiger charge is -2.02. The van der Waals surface area contributed by atoms with Gasteiger partial charge in [-0.3, -0.25) is 4.79 Å². The first-order chi connectivity index (χ1) is 9.24. The molecule has 1 aromatic rings. The molecule has 1 rings (SSSR count). The summed E-state index contributed by atoms with van der Waals surface area (Å²) in [4.78, 5) is 11.2. The smallest absolute Gasteiger partial charge is 0.221 e. The van der Waals surface area contributed by atoms with Gasteiger partial charge in [-0.25, -0.2) is 4.39 Å². The van der Waals surface area contributed by atoms with E-state index in [2.05, 4.69) is 23.7 Å². The Morgan fingerprint density at radius 1 is 1.42 bits per heavy atom. The molecule has 0 unspecified atom stereocenters. The first kappa shape index (κ1) is 14.8. The zero-order valence-corrected chi connectivity index (χ0v) is 10.6. The predicted octanol–water partition coefficient (Wildman–Crippen LogP) is 2.29. The standard InChI is InChI=1S/C15H16FNO2/c1-2-3-10-15(18)17-11-6-7-12-19-14-9-5-4-8-13(14)16/h2,4-5,8-9H,1,3,10-12H2,(H,17,18). The molecule has 1 aromatic carbocycles. The molecule has 0 bridgehead atoms. The summed E-state index contributed by atoms with van der Waals surface area (Å²) in [5.41, 5.74) is 0. The van der Waals surface area contributed by atoms with Gasteiger partial charge in [-0.2, -0.15) is 0 Å². The molecule has 0 spiro atoms. The molecule has 0 radical (unpaired) electrons. The van der Waals surface area contributed by atoms with E-state index in [0.29, 0.717) is 12.8 Å².